The van der Waals surface area contributed by atoms with Crippen LogP contribution in [0.5, 0.6) is 0 Å². The number of benzene rings is 1. The molecule has 0 unspecified atom stereocenters. The van der Waals surface area contributed by atoms with E-state index >= 15 is 0 Å². The number of pyridine rings is 1. The molecule has 4 rings (SSSR count). The predicted octanol–water partition coefficient (Wildman–Crippen LogP) is 3.61. The Morgan fingerprint density at radius 2 is 1.77 bits per heavy atom. The smallest absolute Gasteiger partial charge is 0.271 e. The molecule has 6 nitrogen and oxygen atoms in total. The summed E-state index contributed by atoms with van der Waals surface area (Å²) in [6.07, 6.45) is 4.65. The fraction of sp³-hybridized carbons (Fsp3) is 0.217. The summed E-state index contributed by atoms with van der Waals surface area (Å²) in [6.45, 7) is 1.53. The molecular formula is C23H24FN5O. The van der Waals surface area contributed by atoms with Crippen LogP contribution in [-0.4, -0.2) is 52.2 Å². The van der Waals surface area contributed by atoms with Gasteiger partial charge in [-0.25, -0.2) is 9.07 Å². The quantitative estimate of drug-likeness (QED) is 0.478. The Morgan fingerprint density at radius 3 is 2.53 bits per heavy atom. The molecule has 1 amide bonds. The largest absolute Gasteiger partial charge is 0.351 e. The molecule has 0 aliphatic heterocycles. The van der Waals surface area contributed by atoms with Crippen molar-refractivity contribution in [3.8, 4) is 16.9 Å². The van der Waals surface area contributed by atoms with Crippen molar-refractivity contribution in [2.24, 2.45) is 0 Å². The number of rotatable bonds is 7. The Hall–Kier alpha value is -3.45. The van der Waals surface area contributed by atoms with Gasteiger partial charge in [0.25, 0.3) is 5.91 Å². The van der Waals surface area contributed by atoms with E-state index in [-0.39, 0.29) is 11.7 Å². The summed E-state index contributed by atoms with van der Waals surface area (Å²) in [4.78, 5) is 14.4. The molecule has 0 bridgehead atoms. The Bertz CT molecular complexity index is 1160. The molecule has 1 aromatic carbocycles. The second kappa shape index (κ2) is 8.51. The lowest BCUT2D eigenvalue weighted by molar-refractivity contribution is 0.0947. The van der Waals surface area contributed by atoms with Gasteiger partial charge in [0.05, 0.1) is 0 Å². The van der Waals surface area contributed by atoms with Crippen molar-refractivity contribution in [3.05, 3.63) is 78.5 Å². The molecule has 7 heteroatoms. The van der Waals surface area contributed by atoms with Crippen molar-refractivity contribution in [2.75, 3.05) is 27.2 Å². The van der Waals surface area contributed by atoms with Crippen LogP contribution in [0.25, 0.3) is 22.5 Å². The van der Waals surface area contributed by atoms with Crippen molar-refractivity contribution in [1.29, 1.82) is 0 Å². The average Bonchev–Trinajstić information content (AvgIpc) is 3.38. The van der Waals surface area contributed by atoms with E-state index in [1.807, 2.05) is 49.0 Å². The molecule has 0 atom stereocenters. The van der Waals surface area contributed by atoms with E-state index < -0.39 is 0 Å². The van der Waals surface area contributed by atoms with Crippen LogP contribution in [0.4, 0.5) is 4.39 Å². The number of hydrogen-bond donors (Lipinski definition) is 1. The number of nitrogens with zero attached hydrogens (tertiary/aromatic N) is 4. The lowest BCUT2D eigenvalue weighted by Gasteiger charge is -2.09. The summed E-state index contributed by atoms with van der Waals surface area (Å²) < 4.78 is 16.9. The molecule has 4 aromatic rings. The van der Waals surface area contributed by atoms with Crippen LogP contribution in [0.3, 0.4) is 0 Å². The zero-order valence-electron chi connectivity index (χ0n) is 17.0. The van der Waals surface area contributed by atoms with Crippen molar-refractivity contribution in [3.63, 3.8) is 0 Å². The van der Waals surface area contributed by atoms with E-state index in [1.165, 1.54) is 12.1 Å². The van der Waals surface area contributed by atoms with E-state index in [1.54, 1.807) is 29.1 Å². The highest BCUT2D eigenvalue weighted by atomic mass is 19.1. The zero-order chi connectivity index (χ0) is 21.1. The van der Waals surface area contributed by atoms with Gasteiger partial charge in [0.2, 0.25) is 0 Å². The van der Waals surface area contributed by atoms with Gasteiger partial charge in [0, 0.05) is 24.5 Å². The van der Waals surface area contributed by atoms with Crippen LogP contribution in [0.15, 0.2) is 67.0 Å². The number of carbonyl (C=O) groups excluding carboxylic acids is 1. The summed E-state index contributed by atoms with van der Waals surface area (Å²) in [5, 5.41) is 7.36. The predicted molar refractivity (Wildman–Crippen MR) is 115 cm³/mol. The van der Waals surface area contributed by atoms with Gasteiger partial charge in [-0.2, -0.15) is 5.10 Å². The summed E-state index contributed by atoms with van der Waals surface area (Å²) >= 11 is 0. The summed E-state index contributed by atoms with van der Waals surface area (Å²) in [6, 6.07) is 16.1. The summed E-state index contributed by atoms with van der Waals surface area (Å²) in [7, 11) is 4.01. The minimum absolute atomic E-state index is 0.180. The third-order valence-electron chi connectivity index (χ3n) is 4.93. The number of aromatic nitrogens is 3. The minimum Gasteiger partial charge on any atom is -0.351 e. The van der Waals surface area contributed by atoms with E-state index in [9.17, 15) is 9.18 Å². The SMILES string of the molecule is CN(C)CCCNC(=O)c1ccn(-c2ccc3ccc(-c4ccc(F)cc4)cn23)n1. The third kappa shape index (κ3) is 4.26. The molecule has 1 N–H and O–H groups in total. The maximum atomic E-state index is 13.2. The van der Waals surface area contributed by atoms with Gasteiger partial charge in [-0.3, -0.25) is 4.79 Å². The second-order valence-electron chi connectivity index (χ2n) is 7.47. The van der Waals surface area contributed by atoms with Crippen LogP contribution in [-0.2, 0) is 0 Å². The van der Waals surface area contributed by atoms with Gasteiger partial charge < -0.3 is 14.6 Å². The first kappa shape index (κ1) is 19.8. The molecule has 0 radical (unpaired) electrons. The molecule has 0 aliphatic carbocycles. The first-order valence-corrected chi connectivity index (χ1v) is 9.87. The molecule has 0 saturated heterocycles. The van der Waals surface area contributed by atoms with Crippen LogP contribution < -0.4 is 5.32 Å². The molecule has 0 saturated carbocycles. The fourth-order valence-electron chi connectivity index (χ4n) is 3.35. The summed E-state index contributed by atoms with van der Waals surface area (Å²) in [5.41, 5.74) is 3.27. The lowest BCUT2D eigenvalue weighted by Crippen LogP contribution is -2.27. The van der Waals surface area contributed by atoms with Crippen molar-refractivity contribution in [1.82, 2.24) is 24.4 Å². The first-order chi connectivity index (χ1) is 14.5. The van der Waals surface area contributed by atoms with Gasteiger partial charge in [0.15, 0.2) is 5.69 Å². The molecule has 154 valence electrons. The van der Waals surface area contributed by atoms with E-state index in [2.05, 4.69) is 15.3 Å². The first-order valence-electron chi connectivity index (χ1n) is 9.87. The van der Waals surface area contributed by atoms with E-state index in [4.69, 9.17) is 0 Å². The Kier molecular flexibility index (Phi) is 5.63. The molecule has 0 spiro atoms. The maximum absolute atomic E-state index is 13.2. The summed E-state index contributed by atoms with van der Waals surface area (Å²) in [5.74, 6) is 0.381. The highest BCUT2D eigenvalue weighted by Crippen LogP contribution is 2.23. The molecule has 3 aromatic heterocycles. The van der Waals surface area contributed by atoms with Crippen molar-refractivity contribution < 1.29 is 9.18 Å². The zero-order valence-corrected chi connectivity index (χ0v) is 17.0. The van der Waals surface area contributed by atoms with Crippen molar-refractivity contribution >= 4 is 11.4 Å². The molecule has 3 heterocycles. The van der Waals surface area contributed by atoms with Gasteiger partial charge in [-0.05, 0) is 74.6 Å². The van der Waals surface area contributed by atoms with Gasteiger partial charge >= 0.3 is 0 Å². The Labute approximate surface area is 174 Å². The highest BCUT2D eigenvalue weighted by molar-refractivity contribution is 5.92. The highest BCUT2D eigenvalue weighted by Gasteiger charge is 2.12. The Balaban J connectivity index is 1.55. The number of carbonyl (C=O) groups is 1. The number of amides is 1. The standard InChI is InChI=1S/C23H24FN5O/c1-27(2)14-3-13-25-23(30)21-12-15-29(26-21)22-11-10-20-9-6-18(16-28(20)22)17-4-7-19(24)8-5-17/h4-12,15-16H,3,13-14H2,1-2H3,(H,25,30). The topological polar surface area (TPSA) is 54.6 Å². The average molecular weight is 405 g/mol. The minimum atomic E-state index is -0.259. The monoisotopic (exact) mass is 405 g/mol. The van der Waals surface area contributed by atoms with Crippen LogP contribution in [0.1, 0.15) is 16.9 Å². The maximum Gasteiger partial charge on any atom is 0.271 e. The molecule has 0 aliphatic rings. The Morgan fingerprint density at radius 1 is 1.03 bits per heavy atom. The molecular weight excluding hydrogens is 381 g/mol. The van der Waals surface area contributed by atoms with E-state index in [0.717, 1.165) is 35.4 Å². The van der Waals surface area contributed by atoms with Crippen LogP contribution in [0.2, 0.25) is 0 Å². The van der Waals surface area contributed by atoms with Crippen LogP contribution in [0, 0.1) is 5.82 Å². The van der Waals surface area contributed by atoms with Crippen LogP contribution >= 0.6 is 0 Å². The lowest BCUT2D eigenvalue weighted by atomic mass is 10.1. The fourth-order valence-corrected chi connectivity index (χ4v) is 3.35. The van der Waals surface area contributed by atoms with Gasteiger partial charge in [-0.15, -0.1) is 0 Å². The number of halogens is 1. The normalized spacial score (nSPS) is 11.3. The van der Waals surface area contributed by atoms with Crippen molar-refractivity contribution in [2.45, 2.75) is 6.42 Å². The number of hydrogen-bond acceptors (Lipinski definition) is 3. The molecule has 0 fully saturated rings. The third-order valence-corrected chi connectivity index (χ3v) is 4.93. The van der Waals surface area contributed by atoms with E-state index in [0.29, 0.717) is 12.2 Å². The molecule has 30 heavy (non-hydrogen) atoms. The number of fused-ring (bicyclic) bond motifs is 1. The van der Waals surface area contributed by atoms with Gasteiger partial charge in [-0.1, -0.05) is 18.2 Å². The number of nitrogens with one attached hydrogen (secondary N) is 1. The second-order valence-corrected chi connectivity index (χ2v) is 7.47. The van der Waals surface area contributed by atoms with Gasteiger partial charge in [0.1, 0.15) is 11.6 Å².